The number of esters is 1. The highest BCUT2D eigenvalue weighted by Crippen LogP contribution is 2.50. The van der Waals surface area contributed by atoms with Crippen LogP contribution >= 0.6 is 47.8 Å². The van der Waals surface area contributed by atoms with Crippen molar-refractivity contribution in [2.75, 3.05) is 7.11 Å². The third-order valence-corrected chi connectivity index (χ3v) is 5.64. The maximum Gasteiger partial charge on any atom is 0.413 e. The minimum absolute atomic E-state index is 0.0351. The standard InChI is InChI=1S/C10H14Br3F3O2/c1-8(2,5-7(17)18-3)6(11)4-9(12,13)10(14,15)16/h6H,4-5H2,1-3H3. The van der Waals surface area contributed by atoms with Crippen LogP contribution in [0.5, 0.6) is 0 Å². The summed E-state index contributed by atoms with van der Waals surface area (Å²) in [7, 11) is 1.25. The van der Waals surface area contributed by atoms with Gasteiger partial charge >= 0.3 is 12.1 Å². The first-order valence-corrected chi connectivity index (χ1v) is 7.49. The third-order valence-electron chi connectivity index (χ3n) is 2.53. The maximum atomic E-state index is 12.7. The van der Waals surface area contributed by atoms with E-state index in [2.05, 4.69) is 52.5 Å². The van der Waals surface area contributed by atoms with E-state index in [1.54, 1.807) is 13.8 Å². The largest absolute Gasteiger partial charge is 0.469 e. The second-order valence-corrected chi connectivity index (χ2v) is 9.49. The van der Waals surface area contributed by atoms with Crippen LogP contribution in [0.4, 0.5) is 13.2 Å². The topological polar surface area (TPSA) is 26.3 Å². The van der Waals surface area contributed by atoms with Gasteiger partial charge in [0.2, 0.25) is 0 Å². The number of alkyl halides is 6. The van der Waals surface area contributed by atoms with Crippen LogP contribution in [0.15, 0.2) is 0 Å². The molecule has 108 valence electrons. The van der Waals surface area contributed by atoms with Crippen LogP contribution in [0.3, 0.4) is 0 Å². The number of hydrogen-bond donors (Lipinski definition) is 0. The summed E-state index contributed by atoms with van der Waals surface area (Å²) in [6.45, 7) is 3.41. The van der Waals surface area contributed by atoms with Gasteiger partial charge in [-0.2, -0.15) is 13.2 Å². The lowest BCUT2D eigenvalue weighted by atomic mass is 9.83. The van der Waals surface area contributed by atoms with Gasteiger partial charge in [0.15, 0.2) is 3.23 Å². The first kappa shape index (κ1) is 18.7. The van der Waals surface area contributed by atoms with E-state index in [1.165, 1.54) is 7.11 Å². The van der Waals surface area contributed by atoms with E-state index < -0.39 is 25.6 Å². The fraction of sp³-hybridized carbons (Fsp3) is 0.900. The fourth-order valence-corrected chi connectivity index (χ4v) is 3.34. The van der Waals surface area contributed by atoms with Gasteiger partial charge in [-0.1, -0.05) is 61.6 Å². The monoisotopic (exact) mass is 460 g/mol. The van der Waals surface area contributed by atoms with Crippen LogP contribution in [0.25, 0.3) is 0 Å². The Balaban J connectivity index is 4.75. The van der Waals surface area contributed by atoms with Gasteiger partial charge in [-0.05, 0) is 11.8 Å². The van der Waals surface area contributed by atoms with Gasteiger partial charge in [0.05, 0.1) is 13.5 Å². The zero-order valence-electron chi connectivity index (χ0n) is 10.1. The second-order valence-electron chi connectivity index (χ2n) is 4.62. The number of carbonyl (C=O) groups is 1. The molecule has 0 aromatic rings. The van der Waals surface area contributed by atoms with E-state index in [9.17, 15) is 18.0 Å². The Kier molecular flexibility index (Phi) is 6.68. The van der Waals surface area contributed by atoms with Gasteiger partial charge in [0.25, 0.3) is 0 Å². The Morgan fingerprint density at radius 2 is 1.72 bits per heavy atom. The summed E-state index contributed by atoms with van der Waals surface area (Å²) in [5.74, 6) is -0.453. The van der Waals surface area contributed by atoms with Crippen molar-refractivity contribution in [2.24, 2.45) is 5.41 Å². The van der Waals surface area contributed by atoms with E-state index in [0.717, 1.165) is 0 Å². The Hall–Kier alpha value is 0.700. The van der Waals surface area contributed by atoms with E-state index in [-0.39, 0.29) is 12.8 Å². The van der Waals surface area contributed by atoms with Crippen LogP contribution in [0.1, 0.15) is 26.7 Å². The molecule has 18 heavy (non-hydrogen) atoms. The molecular formula is C10H14Br3F3O2. The number of ether oxygens (including phenoxy) is 1. The molecule has 0 saturated heterocycles. The van der Waals surface area contributed by atoms with Gasteiger partial charge in [0.1, 0.15) is 0 Å². The second kappa shape index (κ2) is 6.43. The molecule has 0 saturated carbocycles. The minimum Gasteiger partial charge on any atom is -0.469 e. The van der Waals surface area contributed by atoms with Crippen LogP contribution in [-0.2, 0) is 9.53 Å². The summed E-state index contributed by atoms with van der Waals surface area (Å²) in [5.41, 5.74) is -0.662. The molecule has 1 unspecified atom stereocenters. The molecule has 0 heterocycles. The molecule has 0 fully saturated rings. The lowest BCUT2D eigenvalue weighted by Crippen LogP contribution is -2.39. The van der Waals surface area contributed by atoms with Crippen LogP contribution in [-0.4, -0.2) is 27.3 Å². The van der Waals surface area contributed by atoms with Crippen molar-refractivity contribution in [3.8, 4) is 0 Å². The number of halogens is 6. The highest BCUT2D eigenvalue weighted by atomic mass is 79.9. The molecule has 0 radical (unpaired) electrons. The molecule has 0 N–H and O–H groups in total. The first-order valence-electron chi connectivity index (χ1n) is 4.99. The third kappa shape index (κ3) is 5.36. The molecule has 0 aliphatic carbocycles. The quantitative estimate of drug-likeness (QED) is 0.434. The Labute approximate surface area is 129 Å². The summed E-state index contributed by atoms with van der Waals surface area (Å²) in [4.78, 5) is 10.7. The molecular weight excluding hydrogens is 449 g/mol. The molecule has 0 bridgehead atoms. The van der Waals surface area contributed by atoms with E-state index in [4.69, 9.17) is 0 Å². The van der Waals surface area contributed by atoms with Gasteiger partial charge in [-0.3, -0.25) is 4.79 Å². The molecule has 0 spiro atoms. The van der Waals surface area contributed by atoms with Crippen molar-refractivity contribution < 1.29 is 22.7 Å². The molecule has 0 aromatic heterocycles. The summed E-state index contributed by atoms with van der Waals surface area (Å²) in [5, 5.41) is 0. The van der Waals surface area contributed by atoms with Crippen molar-refractivity contribution in [3.05, 3.63) is 0 Å². The Bertz CT molecular complexity index is 303. The van der Waals surface area contributed by atoms with Gasteiger partial charge in [-0.15, -0.1) is 0 Å². The summed E-state index contributed by atoms with van der Waals surface area (Å²) >= 11 is 8.47. The molecule has 0 amide bonds. The highest BCUT2D eigenvalue weighted by molar-refractivity contribution is 9.25. The normalized spacial score (nSPS) is 15.4. The van der Waals surface area contributed by atoms with Crippen LogP contribution in [0.2, 0.25) is 0 Å². The van der Waals surface area contributed by atoms with Crippen LogP contribution in [0, 0.1) is 5.41 Å². The molecule has 0 aliphatic rings. The number of methoxy groups -OCH3 is 1. The molecule has 0 aromatic carbocycles. The highest BCUT2D eigenvalue weighted by Gasteiger charge is 2.53. The number of hydrogen-bond acceptors (Lipinski definition) is 2. The number of carbonyl (C=O) groups excluding carboxylic acids is 1. The Morgan fingerprint density at radius 1 is 1.28 bits per heavy atom. The zero-order valence-corrected chi connectivity index (χ0v) is 14.8. The average Bonchev–Trinajstić information content (AvgIpc) is 2.14. The minimum atomic E-state index is -4.43. The number of rotatable bonds is 5. The van der Waals surface area contributed by atoms with Gasteiger partial charge in [0, 0.05) is 4.83 Å². The SMILES string of the molecule is COC(=O)CC(C)(C)C(Br)CC(Br)(Br)C(F)(F)F. The molecule has 0 aliphatic heterocycles. The smallest absolute Gasteiger partial charge is 0.413 e. The Morgan fingerprint density at radius 3 is 2.06 bits per heavy atom. The van der Waals surface area contributed by atoms with Crippen molar-refractivity contribution in [2.45, 2.75) is 40.9 Å². The lowest BCUT2D eigenvalue weighted by molar-refractivity contribution is -0.143. The fourth-order valence-electron chi connectivity index (χ4n) is 1.17. The summed E-state index contributed by atoms with van der Waals surface area (Å²) in [6, 6.07) is 0. The average molecular weight is 463 g/mol. The summed E-state index contributed by atoms with van der Waals surface area (Å²) < 4.78 is 40.5. The van der Waals surface area contributed by atoms with Crippen molar-refractivity contribution >= 4 is 53.8 Å². The van der Waals surface area contributed by atoms with Crippen LogP contribution < -0.4 is 0 Å². The molecule has 1 atom stereocenters. The molecule has 0 rings (SSSR count). The van der Waals surface area contributed by atoms with E-state index in [1.807, 2.05) is 0 Å². The van der Waals surface area contributed by atoms with E-state index in [0.29, 0.717) is 0 Å². The first-order chi connectivity index (χ1) is 7.83. The van der Waals surface area contributed by atoms with Crippen molar-refractivity contribution in [3.63, 3.8) is 0 Å². The lowest BCUT2D eigenvalue weighted by Gasteiger charge is -2.34. The predicted molar refractivity (Wildman–Crippen MR) is 74.4 cm³/mol. The van der Waals surface area contributed by atoms with Crippen molar-refractivity contribution in [1.29, 1.82) is 0 Å². The molecule has 2 nitrogen and oxygen atoms in total. The van der Waals surface area contributed by atoms with E-state index >= 15 is 0 Å². The zero-order chi connectivity index (χ0) is 14.8. The van der Waals surface area contributed by atoms with Crippen molar-refractivity contribution in [1.82, 2.24) is 0 Å². The summed E-state index contributed by atoms with van der Waals surface area (Å²) in [6.07, 6.45) is -4.66. The maximum absolute atomic E-state index is 12.7. The van der Waals surface area contributed by atoms with Gasteiger partial charge < -0.3 is 4.74 Å². The molecule has 8 heteroatoms. The van der Waals surface area contributed by atoms with Gasteiger partial charge in [-0.25, -0.2) is 0 Å². The predicted octanol–water partition coefficient (Wildman–Crippen LogP) is 4.78.